The van der Waals surface area contributed by atoms with Gasteiger partial charge in [-0.25, -0.2) is 9.99 Å². The quantitative estimate of drug-likeness (QED) is 0.398. The van der Waals surface area contributed by atoms with Crippen molar-refractivity contribution < 1.29 is 14.0 Å². The van der Waals surface area contributed by atoms with E-state index in [1.807, 2.05) is 60.1 Å². The fourth-order valence-electron chi connectivity index (χ4n) is 3.83. The smallest absolute Gasteiger partial charge is 0.302 e. The largest absolute Gasteiger partial charge is 0.461 e. The number of hydrogen-bond acceptors (Lipinski definition) is 6. The Morgan fingerprint density at radius 1 is 1.15 bits per heavy atom. The highest BCUT2D eigenvalue weighted by Gasteiger charge is 2.22. The minimum atomic E-state index is -0.123. The van der Waals surface area contributed by atoms with Crippen LogP contribution in [0.2, 0.25) is 0 Å². The highest BCUT2D eigenvalue weighted by Crippen LogP contribution is 2.26. The summed E-state index contributed by atoms with van der Waals surface area (Å²) in [5.74, 6) is 1.85. The van der Waals surface area contributed by atoms with Crippen molar-refractivity contribution in [1.82, 2.24) is 19.9 Å². The predicted molar refractivity (Wildman–Crippen MR) is 133 cm³/mol. The Balaban J connectivity index is 1.27. The molecule has 0 saturated carbocycles. The van der Waals surface area contributed by atoms with Gasteiger partial charge in [0.2, 0.25) is 0 Å². The summed E-state index contributed by atoms with van der Waals surface area (Å²) in [6.45, 7) is 0.890. The zero-order chi connectivity index (χ0) is 23.5. The third kappa shape index (κ3) is 4.47. The van der Waals surface area contributed by atoms with Gasteiger partial charge in [-0.3, -0.25) is 9.59 Å². The number of rotatable bonds is 7. The first-order valence-electron chi connectivity index (χ1n) is 11.0. The Kier molecular flexibility index (Phi) is 6.18. The molecule has 1 aliphatic heterocycles. The number of nitrogens with zero attached hydrogens (tertiary/aromatic N) is 4. The van der Waals surface area contributed by atoms with Gasteiger partial charge in [0.15, 0.2) is 11.6 Å². The molecule has 2 aromatic carbocycles. The van der Waals surface area contributed by atoms with Crippen molar-refractivity contribution in [3.05, 3.63) is 78.1 Å². The van der Waals surface area contributed by atoms with Gasteiger partial charge in [-0.2, -0.15) is 5.10 Å². The molecule has 4 aromatic rings. The van der Waals surface area contributed by atoms with Crippen LogP contribution in [0.4, 0.5) is 4.79 Å². The van der Waals surface area contributed by atoms with Crippen LogP contribution < -0.4 is 5.32 Å². The highest BCUT2D eigenvalue weighted by atomic mass is 32.2. The molecule has 0 aliphatic carbocycles. The molecular weight excluding hydrogens is 450 g/mol. The molecule has 0 saturated heterocycles. The van der Waals surface area contributed by atoms with Gasteiger partial charge in [0.25, 0.3) is 5.91 Å². The van der Waals surface area contributed by atoms with Crippen molar-refractivity contribution in [2.75, 3.05) is 18.8 Å². The molecule has 1 N–H and O–H groups in total. The second kappa shape index (κ2) is 9.56. The average molecular weight is 474 g/mol. The molecule has 0 radical (unpaired) electrons. The summed E-state index contributed by atoms with van der Waals surface area (Å²) < 4.78 is 7.50. The standard InChI is InChI=1S/C25H23N5O3S/c1-29-21-11-10-18(15-19(21)27-23(29)22-9-5-14-33-22)20-16-34-25(32)30(28-20)13-6-12-26-24(31)17-7-3-2-4-8-17/h2-5,7-11,14-15H,6,12-13,16H2,1H3,(H,26,31). The summed E-state index contributed by atoms with van der Waals surface area (Å²) in [4.78, 5) is 29.3. The van der Waals surface area contributed by atoms with Crippen LogP contribution >= 0.6 is 11.8 Å². The first kappa shape index (κ1) is 22.0. The molecule has 0 unspecified atom stereocenters. The first-order valence-corrected chi connectivity index (χ1v) is 11.9. The van der Waals surface area contributed by atoms with E-state index in [0.717, 1.165) is 28.1 Å². The van der Waals surface area contributed by atoms with Gasteiger partial charge in [0.1, 0.15) is 0 Å². The zero-order valence-electron chi connectivity index (χ0n) is 18.6. The molecule has 34 heavy (non-hydrogen) atoms. The van der Waals surface area contributed by atoms with Crippen molar-refractivity contribution in [2.24, 2.45) is 12.1 Å². The number of aromatic nitrogens is 2. The van der Waals surface area contributed by atoms with Crippen molar-refractivity contribution in [3.63, 3.8) is 0 Å². The Morgan fingerprint density at radius 2 is 2.00 bits per heavy atom. The van der Waals surface area contributed by atoms with Crippen LogP contribution in [-0.2, 0) is 7.05 Å². The number of benzene rings is 2. The van der Waals surface area contributed by atoms with Gasteiger partial charge < -0.3 is 14.3 Å². The number of imidazole rings is 1. The molecule has 9 heteroatoms. The van der Waals surface area contributed by atoms with E-state index < -0.39 is 0 Å². The molecule has 3 heterocycles. The van der Waals surface area contributed by atoms with Crippen LogP contribution in [0.15, 0.2) is 76.4 Å². The van der Waals surface area contributed by atoms with Crippen LogP contribution in [0, 0.1) is 0 Å². The number of aryl methyl sites for hydroxylation is 1. The van der Waals surface area contributed by atoms with E-state index in [4.69, 9.17) is 9.40 Å². The Bertz CT molecular complexity index is 1360. The lowest BCUT2D eigenvalue weighted by Gasteiger charge is -2.23. The molecule has 1 aliphatic rings. The van der Waals surface area contributed by atoms with E-state index in [1.54, 1.807) is 18.4 Å². The zero-order valence-corrected chi connectivity index (χ0v) is 19.4. The Morgan fingerprint density at radius 3 is 2.79 bits per heavy atom. The highest BCUT2D eigenvalue weighted by molar-refractivity contribution is 8.14. The third-order valence-electron chi connectivity index (χ3n) is 5.61. The van der Waals surface area contributed by atoms with Crippen molar-refractivity contribution in [3.8, 4) is 11.6 Å². The maximum atomic E-state index is 12.4. The third-order valence-corrected chi connectivity index (χ3v) is 6.48. The maximum absolute atomic E-state index is 12.4. The minimum absolute atomic E-state index is 0.0860. The van der Waals surface area contributed by atoms with Crippen LogP contribution in [-0.4, -0.2) is 50.3 Å². The molecule has 8 nitrogen and oxygen atoms in total. The van der Waals surface area contributed by atoms with Crippen LogP contribution in [0.3, 0.4) is 0 Å². The van der Waals surface area contributed by atoms with E-state index in [-0.39, 0.29) is 11.1 Å². The van der Waals surface area contributed by atoms with Crippen LogP contribution in [0.5, 0.6) is 0 Å². The summed E-state index contributed by atoms with van der Waals surface area (Å²) in [7, 11) is 1.96. The van der Waals surface area contributed by atoms with E-state index in [1.165, 1.54) is 16.8 Å². The number of nitrogens with one attached hydrogen (secondary N) is 1. The summed E-state index contributed by atoms with van der Waals surface area (Å²) in [5.41, 5.74) is 4.20. The van der Waals surface area contributed by atoms with Gasteiger partial charge in [-0.15, -0.1) is 0 Å². The number of furan rings is 1. The van der Waals surface area contributed by atoms with Gasteiger partial charge in [-0.05, 0) is 42.8 Å². The topological polar surface area (TPSA) is 92.7 Å². The molecule has 0 bridgehead atoms. The lowest BCUT2D eigenvalue weighted by atomic mass is 10.1. The molecule has 2 amide bonds. The Hall–Kier alpha value is -3.85. The number of hydrogen-bond donors (Lipinski definition) is 1. The van der Waals surface area contributed by atoms with Crippen LogP contribution in [0.1, 0.15) is 22.3 Å². The number of carbonyl (C=O) groups is 2. The van der Waals surface area contributed by atoms with Crippen molar-refractivity contribution in [2.45, 2.75) is 6.42 Å². The number of carbonyl (C=O) groups excluding carboxylic acids is 2. The van der Waals surface area contributed by atoms with E-state index in [2.05, 4.69) is 10.4 Å². The fourth-order valence-corrected chi connectivity index (χ4v) is 4.60. The molecule has 2 aromatic heterocycles. The first-order chi connectivity index (χ1) is 16.6. The maximum Gasteiger partial charge on any atom is 0.302 e. The van der Waals surface area contributed by atoms with E-state index >= 15 is 0 Å². The molecule has 0 fully saturated rings. The number of fused-ring (bicyclic) bond motifs is 1. The van der Waals surface area contributed by atoms with Crippen molar-refractivity contribution in [1.29, 1.82) is 0 Å². The summed E-state index contributed by atoms with van der Waals surface area (Å²) in [5, 5.41) is 8.89. The molecule has 0 spiro atoms. The Labute approximate surface area is 200 Å². The molecule has 172 valence electrons. The van der Waals surface area contributed by atoms with Crippen molar-refractivity contribution >= 4 is 39.7 Å². The summed E-state index contributed by atoms with van der Waals surface area (Å²) in [6, 6.07) is 18.8. The average Bonchev–Trinajstić information content (AvgIpc) is 3.51. The van der Waals surface area contributed by atoms with E-state index in [9.17, 15) is 9.59 Å². The second-order valence-electron chi connectivity index (χ2n) is 7.88. The molecule has 5 rings (SSSR count). The monoisotopic (exact) mass is 473 g/mol. The van der Waals surface area contributed by atoms with Crippen LogP contribution in [0.25, 0.3) is 22.6 Å². The lowest BCUT2D eigenvalue weighted by molar-refractivity contribution is 0.0952. The number of hydrazone groups is 1. The van der Waals surface area contributed by atoms with Gasteiger partial charge in [0, 0.05) is 37.0 Å². The normalized spacial score (nSPS) is 13.9. The van der Waals surface area contributed by atoms with Gasteiger partial charge in [-0.1, -0.05) is 36.0 Å². The molecular formula is C25H23N5O3S. The number of amides is 2. The minimum Gasteiger partial charge on any atom is -0.461 e. The summed E-state index contributed by atoms with van der Waals surface area (Å²) in [6.07, 6.45) is 2.24. The lowest BCUT2D eigenvalue weighted by Crippen LogP contribution is -2.33. The van der Waals surface area contributed by atoms with Gasteiger partial charge >= 0.3 is 5.24 Å². The SMILES string of the molecule is Cn1c(-c2ccco2)nc2cc(C3=NN(CCCNC(=O)c4ccccc4)C(=O)SC3)ccc21. The second-order valence-corrected chi connectivity index (χ2v) is 8.80. The summed E-state index contributed by atoms with van der Waals surface area (Å²) >= 11 is 1.23. The predicted octanol–water partition coefficient (Wildman–Crippen LogP) is 4.53. The fraction of sp³-hybridized carbons (Fsp3) is 0.200. The van der Waals surface area contributed by atoms with Gasteiger partial charge in [0.05, 0.1) is 23.0 Å². The number of thioether (sulfide) groups is 1. The molecule has 0 atom stereocenters. The van der Waals surface area contributed by atoms with E-state index in [0.29, 0.717) is 36.6 Å².